The molecule has 0 amide bonds. The van der Waals surface area contributed by atoms with Gasteiger partial charge in [-0.05, 0) is 50.6 Å². The fourth-order valence-corrected chi connectivity index (χ4v) is 3.43. The van der Waals surface area contributed by atoms with Gasteiger partial charge in [-0.3, -0.25) is 0 Å². The van der Waals surface area contributed by atoms with E-state index in [0.29, 0.717) is 6.04 Å². The van der Waals surface area contributed by atoms with Crippen molar-refractivity contribution in [3.8, 4) is 0 Å². The number of anilines is 1. The van der Waals surface area contributed by atoms with Gasteiger partial charge < -0.3 is 10.2 Å². The fraction of sp³-hybridized carbons (Fsp3) is 0.412. The maximum atomic E-state index is 5.98. The Morgan fingerprint density at radius 2 is 1.76 bits per heavy atom. The van der Waals surface area contributed by atoms with Crippen LogP contribution in [-0.2, 0) is 6.54 Å². The SMILES string of the molecule is CCN(CC)c1ccc(CNC(C)c2ccc(Cl)s2)cc1. The summed E-state index contributed by atoms with van der Waals surface area (Å²) in [6, 6.07) is 13.2. The predicted molar refractivity (Wildman–Crippen MR) is 94.6 cm³/mol. The Labute approximate surface area is 136 Å². The van der Waals surface area contributed by atoms with Crippen molar-refractivity contribution in [3.63, 3.8) is 0 Å². The van der Waals surface area contributed by atoms with E-state index < -0.39 is 0 Å². The Morgan fingerprint density at radius 1 is 1.10 bits per heavy atom. The molecule has 2 nitrogen and oxygen atoms in total. The Hall–Kier alpha value is -1.03. The Bertz CT molecular complexity index is 546. The molecule has 21 heavy (non-hydrogen) atoms. The molecule has 2 rings (SSSR count). The van der Waals surface area contributed by atoms with E-state index in [1.165, 1.54) is 16.1 Å². The van der Waals surface area contributed by atoms with Gasteiger partial charge >= 0.3 is 0 Å². The highest BCUT2D eigenvalue weighted by molar-refractivity contribution is 7.16. The summed E-state index contributed by atoms with van der Waals surface area (Å²) in [7, 11) is 0. The van der Waals surface area contributed by atoms with E-state index in [0.717, 1.165) is 24.0 Å². The first-order valence-electron chi connectivity index (χ1n) is 7.46. The van der Waals surface area contributed by atoms with Crippen molar-refractivity contribution in [2.24, 2.45) is 0 Å². The molecule has 0 bridgehead atoms. The highest BCUT2D eigenvalue weighted by Gasteiger charge is 2.08. The lowest BCUT2D eigenvalue weighted by atomic mass is 10.1. The van der Waals surface area contributed by atoms with Gasteiger partial charge in [0.2, 0.25) is 0 Å². The summed E-state index contributed by atoms with van der Waals surface area (Å²) in [6.45, 7) is 9.51. The number of hydrogen-bond acceptors (Lipinski definition) is 3. The second kappa shape index (κ2) is 7.83. The second-order valence-electron chi connectivity index (χ2n) is 5.08. The molecule has 0 saturated heterocycles. The maximum absolute atomic E-state index is 5.98. The van der Waals surface area contributed by atoms with E-state index >= 15 is 0 Å². The molecular weight excluding hydrogens is 300 g/mol. The normalized spacial score (nSPS) is 12.4. The van der Waals surface area contributed by atoms with Crippen molar-refractivity contribution < 1.29 is 0 Å². The average Bonchev–Trinajstić information content (AvgIpc) is 2.94. The molecule has 0 aliphatic rings. The van der Waals surface area contributed by atoms with Crippen LogP contribution in [0.2, 0.25) is 4.34 Å². The monoisotopic (exact) mass is 322 g/mol. The lowest BCUT2D eigenvalue weighted by Crippen LogP contribution is -2.22. The summed E-state index contributed by atoms with van der Waals surface area (Å²) < 4.78 is 0.849. The fourth-order valence-electron chi connectivity index (χ4n) is 2.35. The Morgan fingerprint density at radius 3 is 2.29 bits per heavy atom. The first-order chi connectivity index (χ1) is 10.1. The Balaban J connectivity index is 1.91. The third-order valence-electron chi connectivity index (χ3n) is 3.70. The van der Waals surface area contributed by atoms with Gasteiger partial charge in [-0.1, -0.05) is 23.7 Å². The molecule has 1 heterocycles. The molecule has 0 radical (unpaired) electrons. The lowest BCUT2D eigenvalue weighted by molar-refractivity contribution is 0.583. The van der Waals surface area contributed by atoms with Crippen molar-refractivity contribution in [3.05, 3.63) is 51.2 Å². The number of nitrogens with zero attached hydrogens (tertiary/aromatic N) is 1. The molecule has 1 aromatic heterocycles. The zero-order valence-corrected chi connectivity index (χ0v) is 14.5. The molecule has 0 aliphatic heterocycles. The highest BCUT2D eigenvalue weighted by Crippen LogP contribution is 2.26. The maximum Gasteiger partial charge on any atom is 0.0931 e. The minimum Gasteiger partial charge on any atom is -0.372 e. The quantitative estimate of drug-likeness (QED) is 0.763. The standard InChI is InChI=1S/C17H23ClN2S/c1-4-20(5-2)15-8-6-14(7-9-15)12-19-13(3)16-10-11-17(18)21-16/h6-11,13,19H,4-5,12H2,1-3H3. The number of halogens is 1. The third-order valence-corrected chi connectivity index (χ3v) is 5.11. The summed E-state index contributed by atoms with van der Waals surface area (Å²) in [6.07, 6.45) is 0. The van der Waals surface area contributed by atoms with Crippen LogP contribution < -0.4 is 10.2 Å². The van der Waals surface area contributed by atoms with Crippen LogP contribution in [0.4, 0.5) is 5.69 Å². The molecule has 1 N–H and O–H groups in total. The average molecular weight is 323 g/mol. The lowest BCUT2D eigenvalue weighted by Gasteiger charge is -2.21. The van der Waals surface area contributed by atoms with Gasteiger partial charge in [-0.2, -0.15) is 0 Å². The molecule has 114 valence electrons. The minimum absolute atomic E-state index is 0.324. The van der Waals surface area contributed by atoms with Crippen molar-refractivity contribution in [2.75, 3.05) is 18.0 Å². The molecule has 0 aliphatic carbocycles. The highest BCUT2D eigenvalue weighted by atomic mass is 35.5. The number of benzene rings is 1. The minimum atomic E-state index is 0.324. The van der Waals surface area contributed by atoms with Gasteiger partial charge in [0.15, 0.2) is 0 Å². The first-order valence-corrected chi connectivity index (χ1v) is 8.66. The van der Waals surface area contributed by atoms with Crippen LogP contribution in [0.1, 0.15) is 37.3 Å². The summed E-state index contributed by atoms with van der Waals surface area (Å²) >= 11 is 7.62. The molecular formula is C17H23ClN2S. The molecule has 1 aromatic carbocycles. The summed E-state index contributed by atoms with van der Waals surface area (Å²) in [5.41, 5.74) is 2.60. The van der Waals surface area contributed by atoms with Crippen LogP contribution >= 0.6 is 22.9 Å². The molecule has 0 fully saturated rings. The van der Waals surface area contributed by atoms with E-state index in [4.69, 9.17) is 11.6 Å². The Kier molecular flexibility index (Phi) is 6.09. The van der Waals surface area contributed by atoms with Crippen LogP contribution in [0, 0.1) is 0 Å². The number of rotatable bonds is 7. The van der Waals surface area contributed by atoms with Gasteiger partial charge in [0.1, 0.15) is 0 Å². The zero-order valence-electron chi connectivity index (χ0n) is 12.9. The molecule has 0 spiro atoms. The molecule has 4 heteroatoms. The largest absolute Gasteiger partial charge is 0.372 e. The number of nitrogens with one attached hydrogen (secondary N) is 1. The molecule has 1 atom stereocenters. The van der Waals surface area contributed by atoms with Crippen LogP contribution in [0.5, 0.6) is 0 Å². The first kappa shape index (κ1) is 16.3. The van der Waals surface area contributed by atoms with Crippen molar-refractivity contribution in [1.29, 1.82) is 0 Å². The van der Waals surface area contributed by atoms with Gasteiger partial charge in [-0.25, -0.2) is 0 Å². The number of thiophene rings is 1. The van der Waals surface area contributed by atoms with Gasteiger partial charge in [-0.15, -0.1) is 11.3 Å². The van der Waals surface area contributed by atoms with Crippen LogP contribution in [-0.4, -0.2) is 13.1 Å². The van der Waals surface area contributed by atoms with E-state index in [1.54, 1.807) is 11.3 Å². The topological polar surface area (TPSA) is 15.3 Å². The predicted octanol–water partition coefficient (Wildman–Crippen LogP) is 5.10. The van der Waals surface area contributed by atoms with Gasteiger partial charge in [0.25, 0.3) is 0 Å². The zero-order chi connectivity index (χ0) is 15.2. The summed E-state index contributed by atoms with van der Waals surface area (Å²) in [5.74, 6) is 0. The van der Waals surface area contributed by atoms with Gasteiger partial charge in [0.05, 0.1) is 4.34 Å². The van der Waals surface area contributed by atoms with E-state index in [9.17, 15) is 0 Å². The van der Waals surface area contributed by atoms with Crippen molar-refractivity contribution in [2.45, 2.75) is 33.4 Å². The smallest absolute Gasteiger partial charge is 0.0931 e. The van der Waals surface area contributed by atoms with Crippen LogP contribution in [0.3, 0.4) is 0 Å². The van der Waals surface area contributed by atoms with E-state index in [-0.39, 0.29) is 0 Å². The van der Waals surface area contributed by atoms with Crippen molar-refractivity contribution >= 4 is 28.6 Å². The molecule has 2 aromatic rings. The van der Waals surface area contributed by atoms with E-state index in [2.05, 4.69) is 61.3 Å². The van der Waals surface area contributed by atoms with Crippen molar-refractivity contribution in [1.82, 2.24) is 5.32 Å². The summed E-state index contributed by atoms with van der Waals surface area (Å²) in [4.78, 5) is 3.63. The third kappa shape index (κ3) is 4.47. The summed E-state index contributed by atoms with van der Waals surface area (Å²) in [5, 5.41) is 3.54. The van der Waals surface area contributed by atoms with Crippen LogP contribution in [0.25, 0.3) is 0 Å². The number of hydrogen-bond donors (Lipinski definition) is 1. The molecule has 1 unspecified atom stereocenters. The van der Waals surface area contributed by atoms with E-state index in [1.807, 2.05) is 6.07 Å². The van der Waals surface area contributed by atoms with Crippen LogP contribution in [0.15, 0.2) is 36.4 Å². The molecule has 0 saturated carbocycles. The van der Waals surface area contributed by atoms with Gasteiger partial charge in [0, 0.05) is 36.2 Å². The second-order valence-corrected chi connectivity index (χ2v) is 6.83.